The number of hydrogen-bond donors (Lipinski definition) is 2. The molecular weight excluding hydrogens is 300 g/mol. The summed E-state index contributed by atoms with van der Waals surface area (Å²) in [7, 11) is 0. The summed E-state index contributed by atoms with van der Waals surface area (Å²) in [6.45, 7) is 4.50. The number of rotatable bonds is 2. The fraction of sp³-hybridized carbons (Fsp3) is 0.650. The van der Waals surface area contributed by atoms with Crippen LogP contribution < -0.4 is 5.32 Å². The van der Waals surface area contributed by atoms with E-state index in [2.05, 4.69) is 23.2 Å². The smallest absolute Gasteiger partial charge is 0.221 e. The molecule has 2 heterocycles. The van der Waals surface area contributed by atoms with Gasteiger partial charge in [-0.15, -0.1) is 0 Å². The maximum absolute atomic E-state index is 12.4. The first kappa shape index (κ1) is 14.8. The number of amides is 1. The van der Waals surface area contributed by atoms with E-state index < -0.39 is 0 Å². The highest BCUT2D eigenvalue weighted by Gasteiger charge is 2.58. The molecule has 1 aromatic carbocycles. The number of carbonyl (C=O) groups is 1. The largest absolute Gasteiger partial charge is 0.508 e. The van der Waals surface area contributed by atoms with Gasteiger partial charge >= 0.3 is 0 Å². The molecule has 4 aliphatic rings. The van der Waals surface area contributed by atoms with Crippen molar-refractivity contribution in [2.24, 2.45) is 11.8 Å². The summed E-state index contributed by atoms with van der Waals surface area (Å²) >= 11 is 0. The monoisotopic (exact) mass is 326 g/mol. The number of fused-ring (bicyclic) bond motifs is 1. The topological polar surface area (TPSA) is 52.6 Å². The van der Waals surface area contributed by atoms with Gasteiger partial charge in [-0.05, 0) is 68.3 Å². The highest BCUT2D eigenvalue weighted by atomic mass is 16.3. The van der Waals surface area contributed by atoms with Gasteiger partial charge < -0.3 is 10.4 Å². The van der Waals surface area contributed by atoms with E-state index in [0.29, 0.717) is 24.1 Å². The van der Waals surface area contributed by atoms with Gasteiger partial charge in [0.1, 0.15) is 5.75 Å². The number of phenolic OH excluding ortho intramolecular Hbond substituents is 1. The Morgan fingerprint density at radius 3 is 3.00 bits per heavy atom. The minimum absolute atomic E-state index is 0.0845. The van der Waals surface area contributed by atoms with Crippen LogP contribution in [0, 0.1) is 11.8 Å². The lowest BCUT2D eigenvalue weighted by molar-refractivity contribution is -0.132. The van der Waals surface area contributed by atoms with Gasteiger partial charge in [0, 0.05) is 36.4 Å². The predicted octanol–water partition coefficient (Wildman–Crippen LogP) is 2.19. The van der Waals surface area contributed by atoms with Gasteiger partial charge in [0.25, 0.3) is 0 Å². The van der Waals surface area contributed by atoms with E-state index in [1.54, 1.807) is 0 Å². The van der Waals surface area contributed by atoms with Crippen LogP contribution in [0.5, 0.6) is 5.75 Å². The molecule has 1 amide bonds. The molecule has 2 N–H and O–H groups in total. The zero-order valence-corrected chi connectivity index (χ0v) is 14.3. The van der Waals surface area contributed by atoms with Gasteiger partial charge in [0.15, 0.2) is 0 Å². The molecule has 0 spiro atoms. The number of aromatic hydroxyl groups is 1. The van der Waals surface area contributed by atoms with Crippen LogP contribution >= 0.6 is 0 Å². The molecule has 3 fully saturated rings. The summed E-state index contributed by atoms with van der Waals surface area (Å²) in [5, 5.41) is 13.3. The molecule has 5 rings (SSSR count). The van der Waals surface area contributed by atoms with E-state index in [1.165, 1.54) is 30.5 Å². The molecule has 4 nitrogen and oxygen atoms in total. The summed E-state index contributed by atoms with van der Waals surface area (Å²) in [6, 6.07) is 6.57. The molecule has 2 saturated heterocycles. The van der Waals surface area contributed by atoms with E-state index in [4.69, 9.17) is 0 Å². The van der Waals surface area contributed by atoms with Crippen molar-refractivity contribution in [3.63, 3.8) is 0 Å². The molecule has 2 aliphatic carbocycles. The lowest BCUT2D eigenvalue weighted by Crippen LogP contribution is -2.69. The highest BCUT2D eigenvalue weighted by Crippen LogP contribution is 2.54. The minimum atomic E-state index is -0.0845. The second-order valence-corrected chi connectivity index (χ2v) is 8.52. The first-order valence-electron chi connectivity index (χ1n) is 9.42. The normalized spacial score (nSPS) is 38.2. The molecule has 128 valence electrons. The molecule has 24 heavy (non-hydrogen) atoms. The van der Waals surface area contributed by atoms with Crippen LogP contribution in [-0.4, -0.2) is 41.1 Å². The molecule has 4 unspecified atom stereocenters. The Morgan fingerprint density at radius 2 is 2.21 bits per heavy atom. The molecule has 2 aliphatic heterocycles. The van der Waals surface area contributed by atoms with Crippen molar-refractivity contribution in [3.8, 4) is 5.75 Å². The Hall–Kier alpha value is -1.55. The fourth-order valence-electron chi connectivity index (χ4n) is 5.93. The van der Waals surface area contributed by atoms with E-state index in [9.17, 15) is 9.90 Å². The van der Waals surface area contributed by atoms with Crippen LogP contribution in [-0.2, 0) is 16.6 Å². The Morgan fingerprint density at radius 1 is 1.38 bits per heavy atom. The molecule has 2 bridgehead atoms. The van der Waals surface area contributed by atoms with E-state index in [1.807, 2.05) is 12.1 Å². The average molecular weight is 326 g/mol. The summed E-state index contributed by atoms with van der Waals surface area (Å²) in [5.74, 6) is 1.85. The van der Waals surface area contributed by atoms with Crippen molar-refractivity contribution in [1.82, 2.24) is 10.2 Å². The van der Waals surface area contributed by atoms with Gasteiger partial charge in [0.2, 0.25) is 5.91 Å². The molecule has 4 atom stereocenters. The van der Waals surface area contributed by atoms with Crippen molar-refractivity contribution in [2.45, 2.75) is 56.5 Å². The molecule has 1 saturated carbocycles. The second-order valence-electron chi connectivity index (χ2n) is 8.52. The van der Waals surface area contributed by atoms with Gasteiger partial charge in [-0.1, -0.05) is 6.07 Å². The van der Waals surface area contributed by atoms with Crippen LogP contribution in [0.2, 0.25) is 0 Å². The number of nitrogens with one attached hydrogen (secondary N) is 1. The van der Waals surface area contributed by atoms with Gasteiger partial charge in [-0.2, -0.15) is 0 Å². The van der Waals surface area contributed by atoms with Crippen molar-refractivity contribution in [2.75, 3.05) is 13.1 Å². The third kappa shape index (κ3) is 2.05. The Kier molecular flexibility index (Phi) is 3.06. The number of nitrogens with zero attached hydrogens (tertiary/aromatic N) is 1. The zero-order chi connectivity index (χ0) is 16.5. The standard InChI is InChI=1S/C20H26N2O2/c1-12-19-17-8-14-4-5-15(23)9-16(14)20(19,10-18(24)21-12)6-7-22(17)11-13-2-3-13/h4-5,9,12-13,17,19,23H,2-3,6-8,10-11H2,1H3,(H,21,24). The maximum atomic E-state index is 12.4. The number of phenols is 1. The lowest BCUT2D eigenvalue weighted by atomic mass is 9.52. The molecule has 4 heteroatoms. The van der Waals surface area contributed by atoms with E-state index >= 15 is 0 Å². The Labute approximate surface area is 143 Å². The lowest BCUT2D eigenvalue weighted by Gasteiger charge is -2.60. The van der Waals surface area contributed by atoms with Crippen LogP contribution in [0.4, 0.5) is 0 Å². The Balaban J connectivity index is 1.63. The third-order valence-electron chi connectivity index (χ3n) is 7.02. The first-order chi connectivity index (χ1) is 11.6. The van der Waals surface area contributed by atoms with Gasteiger partial charge in [0.05, 0.1) is 0 Å². The van der Waals surface area contributed by atoms with E-state index in [-0.39, 0.29) is 17.4 Å². The van der Waals surface area contributed by atoms with Gasteiger partial charge in [-0.25, -0.2) is 0 Å². The van der Waals surface area contributed by atoms with Crippen molar-refractivity contribution < 1.29 is 9.90 Å². The van der Waals surface area contributed by atoms with Crippen molar-refractivity contribution in [1.29, 1.82) is 0 Å². The van der Waals surface area contributed by atoms with E-state index in [0.717, 1.165) is 25.3 Å². The van der Waals surface area contributed by atoms with Crippen molar-refractivity contribution in [3.05, 3.63) is 29.3 Å². The zero-order valence-electron chi connectivity index (χ0n) is 14.3. The van der Waals surface area contributed by atoms with Crippen LogP contribution in [0.3, 0.4) is 0 Å². The van der Waals surface area contributed by atoms with Gasteiger partial charge in [-0.3, -0.25) is 9.69 Å². The summed E-state index contributed by atoms with van der Waals surface area (Å²) < 4.78 is 0. The second kappa shape index (κ2) is 4.98. The summed E-state index contributed by atoms with van der Waals surface area (Å²) in [4.78, 5) is 15.1. The number of carbonyl (C=O) groups excluding carboxylic acids is 1. The van der Waals surface area contributed by atoms with Crippen molar-refractivity contribution >= 4 is 5.91 Å². The number of benzene rings is 1. The number of piperidine rings is 2. The molecular formula is C20H26N2O2. The third-order valence-corrected chi connectivity index (χ3v) is 7.02. The average Bonchev–Trinajstić information content (AvgIpc) is 3.34. The summed E-state index contributed by atoms with van der Waals surface area (Å²) in [6.07, 6.45) is 5.43. The van der Waals surface area contributed by atoms with Crippen LogP contribution in [0.15, 0.2) is 18.2 Å². The predicted molar refractivity (Wildman–Crippen MR) is 91.9 cm³/mol. The minimum Gasteiger partial charge on any atom is -0.508 e. The van der Waals surface area contributed by atoms with Crippen LogP contribution in [0.1, 0.15) is 43.7 Å². The fourth-order valence-corrected chi connectivity index (χ4v) is 5.93. The molecule has 0 radical (unpaired) electrons. The first-order valence-corrected chi connectivity index (χ1v) is 9.42. The summed E-state index contributed by atoms with van der Waals surface area (Å²) in [5.41, 5.74) is 2.51. The maximum Gasteiger partial charge on any atom is 0.221 e. The number of hydrogen-bond acceptors (Lipinski definition) is 3. The number of likely N-dealkylation sites (tertiary alicyclic amines) is 1. The quantitative estimate of drug-likeness (QED) is 0.876. The van der Waals surface area contributed by atoms with Crippen LogP contribution in [0.25, 0.3) is 0 Å². The SMILES string of the molecule is CC1NC(=O)CC23CCN(CC4CC4)C(Cc4ccc(O)cc42)C13. The molecule has 1 aromatic rings. The Bertz CT molecular complexity index is 699. The molecule has 0 aromatic heterocycles. The highest BCUT2D eigenvalue weighted by molar-refractivity contribution is 5.80.